The maximum Gasteiger partial charge on any atom is 0.317 e. The van der Waals surface area contributed by atoms with Crippen LogP contribution in [0.1, 0.15) is 12.8 Å². The van der Waals surface area contributed by atoms with Crippen LogP contribution in [-0.2, 0) is 0 Å². The van der Waals surface area contributed by atoms with Gasteiger partial charge in [-0.05, 0) is 25.0 Å². The van der Waals surface area contributed by atoms with Crippen LogP contribution in [0.5, 0.6) is 11.5 Å². The van der Waals surface area contributed by atoms with Crippen molar-refractivity contribution in [3.05, 3.63) is 24.3 Å². The minimum absolute atomic E-state index is 0.00624. The summed E-state index contributed by atoms with van der Waals surface area (Å²) in [5, 5.41) is 2.85. The molecule has 1 N–H and O–H groups in total. The van der Waals surface area contributed by atoms with Gasteiger partial charge in [0.15, 0.2) is 0 Å². The van der Waals surface area contributed by atoms with Gasteiger partial charge in [0, 0.05) is 19.2 Å². The smallest absolute Gasteiger partial charge is 0.317 e. The molecule has 0 aliphatic carbocycles. The highest BCUT2D eigenvalue weighted by Crippen LogP contribution is 2.18. The van der Waals surface area contributed by atoms with Gasteiger partial charge in [-0.15, -0.1) is 0 Å². The van der Waals surface area contributed by atoms with Crippen molar-refractivity contribution in [2.75, 3.05) is 33.4 Å². The number of likely N-dealkylation sites (tertiary alicyclic amines) is 1. The van der Waals surface area contributed by atoms with Crippen molar-refractivity contribution in [3.8, 4) is 11.5 Å². The molecule has 5 heteroatoms. The van der Waals surface area contributed by atoms with Gasteiger partial charge < -0.3 is 19.7 Å². The molecule has 0 radical (unpaired) electrons. The van der Waals surface area contributed by atoms with Crippen LogP contribution in [0.25, 0.3) is 0 Å². The zero-order chi connectivity index (χ0) is 13.5. The first-order chi connectivity index (χ1) is 9.29. The van der Waals surface area contributed by atoms with Gasteiger partial charge in [-0.3, -0.25) is 0 Å². The van der Waals surface area contributed by atoms with Crippen molar-refractivity contribution < 1.29 is 14.3 Å². The van der Waals surface area contributed by atoms with Crippen LogP contribution in [0.3, 0.4) is 0 Å². The van der Waals surface area contributed by atoms with Crippen molar-refractivity contribution in [1.29, 1.82) is 0 Å². The van der Waals surface area contributed by atoms with E-state index in [0.717, 1.165) is 37.4 Å². The molecule has 1 heterocycles. The first-order valence-corrected chi connectivity index (χ1v) is 6.59. The Morgan fingerprint density at radius 1 is 1.32 bits per heavy atom. The molecule has 1 aliphatic heterocycles. The van der Waals surface area contributed by atoms with E-state index in [9.17, 15) is 4.79 Å². The summed E-state index contributed by atoms with van der Waals surface area (Å²) < 4.78 is 10.7. The van der Waals surface area contributed by atoms with Crippen LogP contribution in [0.15, 0.2) is 24.3 Å². The summed E-state index contributed by atoms with van der Waals surface area (Å²) in [6.45, 7) is 2.68. The highest BCUT2D eigenvalue weighted by molar-refractivity contribution is 5.74. The lowest BCUT2D eigenvalue weighted by molar-refractivity contribution is 0.205. The van der Waals surface area contributed by atoms with Gasteiger partial charge >= 0.3 is 6.03 Å². The highest BCUT2D eigenvalue weighted by Gasteiger charge is 2.16. The van der Waals surface area contributed by atoms with Gasteiger partial charge in [0.25, 0.3) is 0 Å². The van der Waals surface area contributed by atoms with Gasteiger partial charge in [-0.25, -0.2) is 4.79 Å². The Morgan fingerprint density at radius 2 is 2.05 bits per heavy atom. The van der Waals surface area contributed by atoms with Gasteiger partial charge in [-0.1, -0.05) is 6.07 Å². The Kier molecular flexibility index (Phi) is 4.89. The Balaban J connectivity index is 1.67. The zero-order valence-electron chi connectivity index (χ0n) is 11.2. The number of ether oxygens (including phenoxy) is 2. The average Bonchev–Trinajstić information content (AvgIpc) is 2.98. The minimum Gasteiger partial charge on any atom is -0.497 e. The third-order valence-electron chi connectivity index (χ3n) is 3.08. The molecule has 0 spiro atoms. The van der Waals surface area contributed by atoms with Crippen LogP contribution in [0.4, 0.5) is 4.79 Å². The van der Waals surface area contributed by atoms with E-state index in [1.807, 2.05) is 29.2 Å². The fourth-order valence-corrected chi connectivity index (χ4v) is 2.05. The molecule has 19 heavy (non-hydrogen) atoms. The number of hydrogen-bond donors (Lipinski definition) is 1. The number of carbonyl (C=O) groups excluding carboxylic acids is 1. The van der Waals surface area contributed by atoms with Gasteiger partial charge in [0.05, 0.1) is 13.7 Å². The molecule has 1 saturated heterocycles. The molecule has 0 aromatic heterocycles. The summed E-state index contributed by atoms with van der Waals surface area (Å²) in [6.07, 6.45) is 2.21. The quantitative estimate of drug-likeness (QED) is 0.826. The largest absolute Gasteiger partial charge is 0.497 e. The fraction of sp³-hybridized carbons (Fsp3) is 0.500. The zero-order valence-corrected chi connectivity index (χ0v) is 11.2. The fourth-order valence-electron chi connectivity index (χ4n) is 2.05. The molecule has 0 bridgehead atoms. The SMILES string of the molecule is COc1cccc(OCCNC(=O)N2CCCC2)c1. The maximum atomic E-state index is 11.7. The van der Waals surface area contributed by atoms with E-state index < -0.39 is 0 Å². The monoisotopic (exact) mass is 264 g/mol. The Labute approximate surface area is 113 Å². The van der Waals surface area contributed by atoms with Gasteiger partial charge in [-0.2, -0.15) is 0 Å². The second-order valence-electron chi connectivity index (χ2n) is 4.45. The maximum absolute atomic E-state index is 11.7. The summed E-state index contributed by atoms with van der Waals surface area (Å²) >= 11 is 0. The molecular weight excluding hydrogens is 244 g/mol. The number of amides is 2. The Bertz CT molecular complexity index is 417. The summed E-state index contributed by atoms with van der Waals surface area (Å²) in [6, 6.07) is 7.43. The Hall–Kier alpha value is -1.91. The number of nitrogens with zero attached hydrogens (tertiary/aromatic N) is 1. The molecule has 5 nitrogen and oxygen atoms in total. The first-order valence-electron chi connectivity index (χ1n) is 6.59. The summed E-state index contributed by atoms with van der Waals surface area (Å²) in [4.78, 5) is 13.5. The van der Waals surface area contributed by atoms with Crippen LogP contribution in [-0.4, -0.2) is 44.3 Å². The topological polar surface area (TPSA) is 50.8 Å². The third-order valence-corrected chi connectivity index (χ3v) is 3.08. The lowest BCUT2D eigenvalue weighted by atomic mass is 10.3. The summed E-state index contributed by atoms with van der Waals surface area (Å²) in [5.41, 5.74) is 0. The van der Waals surface area contributed by atoms with Gasteiger partial charge in [0.2, 0.25) is 0 Å². The van der Waals surface area contributed by atoms with E-state index in [0.29, 0.717) is 13.2 Å². The van der Waals surface area contributed by atoms with Crippen LogP contribution >= 0.6 is 0 Å². The molecule has 0 saturated carbocycles. The number of rotatable bonds is 5. The minimum atomic E-state index is 0.00624. The molecule has 1 aromatic carbocycles. The van der Waals surface area contributed by atoms with Crippen LogP contribution in [0, 0.1) is 0 Å². The predicted octanol–water partition coefficient (Wildman–Crippen LogP) is 1.88. The van der Waals surface area contributed by atoms with Gasteiger partial charge in [0.1, 0.15) is 18.1 Å². The van der Waals surface area contributed by atoms with E-state index in [2.05, 4.69) is 5.32 Å². The van der Waals surface area contributed by atoms with Crippen LogP contribution in [0.2, 0.25) is 0 Å². The average molecular weight is 264 g/mol. The summed E-state index contributed by atoms with van der Waals surface area (Å²) in [7, 11) is 1.62. The van der Waals surface area contributed by atoms with Crippen LogP contribution < -0.4 is 14.8 Å². The molecule has 1 aliphatic rings. The number of urea groups is 1. The normalized spacial score (nSPS) is 14.3. The van der Waals surface area contributed by atoms with Crippen molar-refractivity contribution in [1.82, 2.24) is 10.2 Å². The number of nitrogens with one attached hydrogen (secondary N) is 1. The lowest BCUT2D eigenvalue weighted by Crippen LogP contribution is -2.39. The molecule has 2 amide bonds. The predicted molar refractivity (Wildman–Crippen MR) is 72.7 cm³/mol. The van der Waals surface area contributed by atoms with E-state index >= 15 is 0 Å². The molecule has 2 rings (SSSR count). The lowest BCUT2D eigenvalue weighted by Gasteiger charge is -2.16. The number of carbonyl (C=O) groups is 1. The molecule has 1 aromatic rings. The number of methoxy groups -OCH3 is 1. The van der Waals surface area contributed by atoms with E-state index in [4.69, 9.17) is 9.47 Å². The molecule has 1 fully saturated rings. The van der Waals surface area contributed by atoms with Crippen molar-refractivity contribution in [3.63, 3.8) is 0 Å². The highest BCUT2D eigenvalue weighted by atomic mass is 16.5. The molecular formula is C14H20N2O3. The number of benzene rings is 1. The second kappa shape index (κ2) is 6.87. The first kappa shape index (κ1) is 13.5. The standard InChI is InChI=1S/C14H20N2O3/c1-18-12-5-4-6-13(11-12)19-10-7-15-14(17)16-8-2-3-9-16/h4-6,11H,2-3,7-10H2,1H3,(H,15,17). The molecule has 0 unspecified atom stereocenters. The van der Waals surface area contributed by atoms with Crippen molar-refractivity contribution >= 4 is 6.03 Å². The van der Waals surface area contributed by atoms with E-state index in [1.165, 1.54) is 0 Å². The van der Waals surface area contributed by atoms with E-state index in [1.54, 1.807) is 7.11 Å². The third kappa shape index (κ3) is 4.05. The summed E-state index contributed by atoms with van der Waals surface area (Å²) in [5.74, 6) is 1.51. The second-order valence-corrected chi connectivity index (χ2v) is 4.45. The van der Waals surface area contributed by atoms with Crippen molar-refractivity contribution in [2.24, 2.45) is 0 Å². The van der Waals surface area contributed by atoms with E-state index in [-0.39, 0.29) is 6.03 Å². The number of hydrogen-bond acceptors (Lipinski definition) is 3. The van der Waals surface area contributed by atoms with Crippen molar-refractivity contribution in [2.45, 2.75) is 12.8 Å². The Morgan fingerprint density at radius 3 is 2.79 bits per heavy atom. The molecule has 0 atom stereocenters. The molecule has 104 valence electrons.